The second kappa shape index (κ2) is 7.16. The van der Waals surface area contributed by atoms with Gasteiger partial charge in [-0.2, -0.15) is 0 Å². The molecule has 0 aliphatic carbocycles. The Hall–Kier alpha value is -3.16. The molecule has 130 valence electrons. The van der Waals surface area contributed by atoms with Gasteiger partial charge in [0.05, 0.1) is 13.2 Å². The minimum atomic E-state index is -0.167. The molecule has 8 heteroatoms. The molecular weight excluding hydrogens is 320 g/mol. The van der Waals surface area contributed by atoms with Gasteiger partial charge in [0.15, 0.2) is 5.82 Å². The number of aromatic nitrogens is 4. The maximum Gasteiger partial charge on any atom is 0.260 e. The number of nitrogens with zero attached hydrogens (tertiary/aromatic N) is 5. The molecule has 0 radical (unpaired) electrons. The number of rotatable bonds is 6. The topological polar surface area (TPSA) is 84.7 Å². The van der Waals surface area contributed by atoms with Crippen LogP contribution < -0.4 is 15.0 Å². The SMILES string of the molecule is CCOc1nccn2c(CNC(=O)c3cccc(N(C)C)c3)nnc12. The van der Waals surface area contributed by atoms with Gasteiger partial charge in [-0.3, -0.25) is 9.20 Å². The maximum absolute atomic E-state index is 12.4. The molecule has 2 aromatic heterocycles. The maximum atomic E-state index is 12.4. The third-order valence-electron chi connectivity index (χ3n) is 3.68. The summed E-state index contributed by atoms with van der Waals surface area (Å²) in [6.45, 7) is 2.63. The summed E-state index contributed by atoms with van der Waals surface area (Å²) in [5, 5.41) is 11.1. The average Bonchev–Trinajstić information content (AvgIpc) is 3.04. The van der Waals surface area contributed by atoms with Crippen LogP contribution in [0.3, 0.4) is 0 Å². The van der Waals surface area contributed by atoms with E-state index in [1.54, 1.807) is 22.9 Å². The Kier molecular flexibility index (Phi) is 4.78. The highest BCUT2D eigenvalue weighted by molar-refractivity contribution is 5.95. The predicted octanol–water partition coefficient (Wildman–Crippen LogP) is 1.52. The standard InChI is InChI=1S/C17H20N6O2/c1-4-25-17-15-21-20-14(23(15)9-8-18-17)11-19-16(24)12-6-5-7-13(10-12)22(2)3/h5-10H,4,11H2,1-3H3,(H,19,24). The summed E-state index contributed by atoms with van der Waals surface area (Å²) in [6, 6.07) is 7.43. The lowest BCUT2D eigenvalue weighted by molar-refractivity contribution is 0.0950. The van der Waals surface area contributed by atoms with Gasteiger partial charge in [-0.15, -0.1) is 10.2 Å². The summed E-state index contributed by atoms with van der Waals surface area (Å²) in [5.41, 5.74) is 2.09. The lowest BCUT2D eigenvalue weighted by atomic mass is 10.2. The zero-order valence-corrected chi connectivity index (χ0v) is 14.4. The molecule has 0 aliphatic rings. The van der Waals surface area contributed by atoms with Gasteiger partial charge in [0.1, 0.15) is 0 Å². The summed E-state index contributed by atoms with van der Waals surface area (Å²) in [7, 11) is 3.87. The predicted molar refractivity (Wildman–Crippen MR) is 93.9 cm³/mol. The van der Waals surface area contributed by atoms with E-state index < -0.39 is 0 Å². The third kappa shape index (κ3) is 3.52. The summed E-state index contributed by atoms with van der Waals surface area (Å²) < 4.78 is 7.19. The second-order valence-corrected chi connectivity index (χ2v) is 5.60. The van der Waals surface area contributed by atoms with Crippen molar-refractivity contribution in [2.45, 2.75) is 13.5 Å². The summed E-state index contributed by atoms with van der Waals surface area (Å²) in [5.74, 6) is 0.865. The quantitative estimate of drug-likeness (QED) is 0.732. The molecule has 1 N–H and O–H groups in total. The van der Waals surface area contributed by atoms with E-state index in [0.29, 0.717) is 29.5 Å². The molecule has 0 atom stereocenters. The second-order valence-electron chi connectivity index (χ2n) is 5.60. The van der Waals surface area contributed by atoms with Gasteiger partial charge in [0, 0.05) is 37.7 Å². The van der Waals surface area contributed by atoms with Crippen LogP contribution in [-0.4, -0.2) is 46.2 Å². The van der Waals surface area contributed by atoms with Crippen molar-refractivity contribution < 1.29 is 9.53 Å². The van der Waals surface area contributed by atoms with Crippen molar-refractivity contribution in [3.63, 3.8) is 0 Å². The van der Waals surface area contributed by atoms with Crippen LogP contribution in [0, 0.1) is 0 Å². The third-order valence-corrected chi connectivity index (χ3v) is 3.68. The minimum Gasteiger partial charge on any atom is -0.475 e. The van der Waals surface area contributed by atoms with Crippen LogP contribution in [-0.2, 0) is 6.54 Å². The molecule has 3 rings (SSSR count). The number of carbonyl (C=O) groups excluding carboxylic acids is 1. The Labute approximate surface area is 145 Å². The first kappa shape index (κ1) is 16.7. The molecule has 2 heterocycles. The van der Waals surface area contributed by atoms with Crippen molar-refractivity contribution in [3.8, 4) is 5.88 Å². The Morgan fingerprint density at radius 3 is 2.92 bits per heavy atom. The smallest absolute Gasteiger partial charge is 0.260 e. The number of anilines is 1. The molecule has 1 aromatic carbocycles. The highest BCUT2D eigenvalue weighted by Crippen LogP contribution is 2.15. The summed E-state index contributed by atoms with van der Waals surface area (Å²) >= 11 is 0. The number of fused-ring (bicyclic) bond motifs is 1. The summed E-state index contributed by atoms with van der Waals surface area (Å²) in [6.07, 6.45) is 3.36. The molecule has 0 bridgehead atoms. The fraction of sp³-hybridized carbons (Fsp3) is 0.294. The van der Waals surface area contributed by atoms with Gasteiger partial charge < -0.3 is 15.0 Å². The van der Waals surface area contributed by atoms with Gasteiger partial charge >= 0.3 is 0 Å². The first-order chi connectivity index (χ1) is 12.1. The van der Waals surface area contributed by atoms with Crippen molar-refractivity contribution in [3.05, 3.63) is 48.0 Å². The van der Waals surface area contributed by atoms with Crippen molar-refractivity contribution in [2.75, 3.05) is 25.6 Å². The van der Waals surface area contributed by atoms with Gasteiger partial charge in [0.2, 0.25) is 5.65 Å². The fourth-order valence-electron chi connectivity index (χ4n) is 2.40. The molecule has 1 amide bonds. The normalized spacial score (nSPS) is 10.7. The molecule has 0 fully saturated rings. The van der Waals surface area contributed by atoms with Crippen molar-refractivity contribution in [1.29, 1.82) is 0 Å². The highest BCUT2D eigenvalue weighted by Gasteiger charge is 2.13. The van der Waals surface area contributed by atoms with E-state index in [-0.39, 0.29) is 12.5 Å². The molecule has 0 saturated heterocycles. The van der Waals surface area contributed by atoms with Crippen LogP contribution in [0.25, 0.3) is 5.65 Å². The molecule has 3 aromatic rings. The van der Waals surface area contributed by atoms with Gasteiger partial charge in [-0.1, -0.05) is 6.07 Å². The number of hydrogen-bond acceptors (Lipinski definition) is 6. The molecular formula is C17H20N6O2. The van der Waals surface area contributed by atoms with E-state index in [0.717, 1.165) is 5.69 Å². The first-order valence-corrected chi connectivity index (χ1v) is 7.97. The van der Waals surface area contributed by atoms with E-state index >= 15 is 0 Å². The van der Waals surface area contributed by atoms with Gasteiger partial charge in [-0.05, 0) is 25.1 Å². The molecule has 0 aliphatic heterocycles. The number of carbonyl (C=O) groups is 1. The van der Waals surface area contributed by atoms with Crippen LogP contribution in [0.1, 0.15) is 23.1 Å². The number of hydrogen-bond donors (Lipinski definition) is 1. The lowest BCUT2D eigenvalue weighted by Gasteiger charge is -2.13. The van der Waals surface area contributed by atoms with Gasteiger partial charge in [0.25, 0.3) is 11.8 Å². The number of ether oxygens (including phenoxy) is 1. The van der Waals surface area contributed by atoms with Gasteiger partial charge in [-0.25, -0.2) is 4.98 Å². The monoisotopic (exact) mass is 340 g/mol. The average molecular weight is 340 g/mol. The Bertz CT molecular complexity index is 890. The molecule has 0 saturated carbocycles. The highest BCUT2D eigenvalue weighted by atomic mass is 16.5. The van der Waals surface area contributed by atoms with E-state index in [9.17, 15) is 4.79 Å². The Morgan fingerprint density at radius 1 is 1.32 bits per heavy atom. The van der Waals surface area contributed by atoms with Crippen molar-refractivity contribution in [2.24, 2.45) is 0 Å². The van der Waals surface area contributed by atoms with Crippen LogP contribution in [0.5, 0.6) is 5.88 Å². The lowest BCUT2D eigenvalue weighted by Crippen LogP contribution is -2.24. The fourth-order valence-corrected chi connectivity index (χ4v) is 2.40. The van der Waals surface area contributed by atoms with Crippen molar-refractivity contribution >= 4 is 17.2 Å². The van der Waals surface area contributed by atoms with Crippen LogP contribution in [0.2, 0.25) is 0 Å². The zero-order chi connectivity index (χ0) is 17.8. The Morgan fingerprint density at radius 2 is 2.16 bits per heavy atom. The van der Waals surface area contributed by atoms with E-state index in [2.05, 4.69) is 20.5 Å². The number of amides is 1. The van der Waals surface area contributed by atoms with E-state index in [1.807, 2.05) is 44.1 Å². The molecule has 0 spiro atoms. The molecule has 0 unspecified atom stereocenters. The number of nitrogens with one attached hydrogen (secondary N) is 1. The van der Waals surface area contributed by atoms with E-state index in [1.165, 1.54) is 0 Å². The van der Waals surface area contributed by atoms with Crippen molar-refractivity contribution in [1.82, 2.24) is 24.9 Å². The minimum absolute atomic E-state index is 0.167. The zero-order valence-electron chi connectivity index (χ0n) is 14.4. The first-order valence-electron chi connectivity index (χ1n) is 7.97. The summed E-state index contributed by atoms with van der Waals surface area (Å²) in [4.78, 5) is 18.5. The van der Waals surface area contributed by atoms with Crippen LogP contribution in [0.4, 0.5) is 5.69 Å². The largest absolute Gasteiger partial charge is 0.475 e. The van der Waals surface area contributed by atoms with Crippen LogP contribution >= 0.6 is 0 Å². The van der Waals surface area contributed by atoms with Crippen LogP contribution in [0.15, 0.2) is 36.7 Å². The molecule has 8 nitrogen and oxygen atoms in total. The number of benzene rings is 1. The molecule has 25 heavy (non-hydrogen) atoms. The Balaban J connectivity index is 1.75. The van der Waals surface area contributed by atoms with E-state index in [4.69, 9.17) is 4.74 Å².